The van der Waals surface area contributed by atoms with Crippen LogP contribution in [0.3, 0.4) is 0 Å². The van der Waals surface area contributed by atoms with Gasteiger partial charge in [0.15, 0.2) is 5.82 Å². The highest BCUT2D eigenvalue weighted by molar-refractivity contribution is 6.07. The minimum atomic E-state index is -0.619. The van der Waals surface area contributed by atoms with Gasteiger partial charge < -0.3 is 10.3 Å². The molecule has 0 saturated carbocycles. The van der Waals surface area contributed by atoms with Crippen molar-refractivity contribution in [3.63, 3.8) is 0 Å². The molecule has 0 saturated heterocycles. The fourth-order valence-electron chi connectivity index (χ4n) is 1.78. The Labute approximate surface area is 104 Å². The smallest absolute Gasteiger partial charge is 0.231 e. The molecular formula is C13H14FN3O. The number of aromatic nitrogens is 2. The van der Waals surface area contributed by atoms with E-state index in [0.29, 0.717) is 12.2 Å². The molecule has 5 heteroatoms. The Morgan fingerprint density at radius 3 is 2.94 bits per heavy atom. The highest BCUT2D eigenvalue weighted by Gasteiger charge is 2.18. The first kappa shape index (κ1) is 12.3. The predicted octanol–water partition coefficient (Wildman–Crippen LogP) is 2.25. The molecule has 0 aliphatic rings. The van der Waals surface area contributed by atoms with E-state index in [1.165, 1.54) is 18.3 Å². The van der Waals surface area contributed by atoms with Crippen molar-refractivity contribution in [1.82, 2.24) is 9.55 Å². The van der Waals surface area contributed by atoms with Crippen LogP contribution >= 0.6 is 0 Å². The Balaban J connectivity index is 2.38. The Bertz CT molecular complexity index is 577. The topological polar surface area (TPSA) is 60.9 Å². The molecule has 0 spiro atoms. The summed E-state index contributed by atoms with van der Waals surface area (Å²) in [6.07, 6.45) is 4.13. The van der Waals surface area contributed by atoms with Gasteiger partial charge in [0.05, 0.1) is 5.56 Å². The van der Waals surface area contributed by atoms with Crippen molar-refractivity contribution in [3.05, 3.63) is 47.8 Å². The highest BCUT2D eigenvalue weighted by Crippen LogP contribution is 2.15. The second-order valence-corrected chi connectivity index (χ2v) is 4.01. The van der Waals surface area contributed by atoms with Crippen LogP contribution in [-0.2, 0) is 6.54 Å². The zero-order valence-electron chi connectivity index (χ0n) is 10.1. The summed E-state index contributed by atoms with van der Waals surface area (Å²) in [6.45, 7) is 2.68. The minimum absolute atomic E-state index is 0.00671. The van der Waals surface area contributed by atoms with Gasteiger partial charge in [0, 0.05) is 24.6 Å². The third-order valence-electron chi connectivity index (χ3n) is 2.62. The third kappa shape index (κ3) is 2.25. The molecular weight excluding hydrogens is 233 g/mol. The van der Waals surface area contributed by atoms with Gasteiger partial charge in [0.2, 0.25) is 5.78 Å². The number of carbonyl (C=O) groups excluding carboxylic acids is 1. The van der Waals surface area contributed by atoms with Gasteiger partial charge in [0.1, 0.15) is 5.82 Å². The van der Waals surface area contributed by atoms with Crippen molar-refractivity contribution in [2.24, 2.45) is 0 Å². The lowest BCUT2D eigenvalue weighted by Crippen LogP contribution is -2.13. The summed E-state index contributed by atoms with van der Waals surface area (Å²) in [5, 5.41) is 0. The number of imidazole rings is 1. The van der Waals surface area contributed by atoms with Crippen molar-refractivity contribution >= 4 is 11.5 Å². The molecule has 94 valence electrons. The molecule has 18 heavy (non-hydrogen) atoms. The first-order valence-corrected chi connectivity index (χ1v) is 5.74. The fraction of sp³-hybridized carbons (Fsp3) is 0.231. The van der Waals surface area contributed by atoms with E-state index in [-0.39, 0.29) is 11.4 Å². The first-order valence-electron chi connectivity index (χ1n) is 5.74. The molecule has 1 heterocycles. The molecule has 0 atom stereocenters. The molecule has 4 nitrogen and oxygen atoms in total. The van der Waals surface area contributed by atoms with E-state index in [4.69, 9.17) is 5.73 Å². The van der Waals surface area contributed by atoms with Gasteiger partial charge >= 0.3 is 0 Å². The minimum Gasteiger partial charge on any atom is -0.399 e. The summed E-state index contributed by atoms with van der Waals surface area (Å²) in [7, 11) is 0. The van der Waals surface area contributed by atoms with Crippen LogP contribution in [0.4, 0.5) is 10.1 Å². The number of halogens is 1. The monoisotopic (exact) mass is 247 g/mol. The van der Waals surface area contributed by atoms with Gasteiger partial charge in [-0.2, -0.15) is 0 Å². The maximum Gasteiger partial charge on any atom is 0.231 e. The average molecular weight is 247 g/mol. The number of nitrogens with two attached hydrogens (primary N) is 1. The van der Waals surface area contributed by atoms with Crippen LogP contribution < -0.4 is 5.73 Å². The van der Waals surface area contributed by atoms with E-state index < -0.39 is 11.6 Å². The quantitative estimate of drug-likeness (QED) is 0.665. The normalized spacial score (nSPS) is 10.6. The van der Waals surface area contributed by atoms with E-state index in [0.717, 1.165) is 12.5 Å². The lowest BCUT2D eigenvalue weighted by Gasteiger charge is -2.06. The molecule has 0 radical (unpaired) electrons. The number of hydrogen-bond acceptors (Lipinski definition) is 3. The number of ketones is 1. The predicted molar refractivity (Wildman–Crippen MR) is 66.8 cm³/mol. The lowest BCUT2D eigenvalue weighted by atomic mass is 10.1. The van der Waals surface area contributed by atoms with Gasteiger partial charge in [0.25, 0.3) is 0 Å². The van der Waals surface area contributed by atoms with Gasteiger partial charge in [-0.1, -0.05) is 6.92 Å². The molecule has 0 bridgehead atoms. The standard InChI is InChI=1S/C13H14FN3O/c1-2-6-17-7-5-16-13(17)12(18)10-4-3-9(15)8-11(10)14/h3-5,7-8H,2,6,15H2,1H3. The van der Waals surface area contributed by atoms with Crippen LogP contribution in [0.2, 0.25) is 0 Å². The Morgan fingerprint density at radius 2 is 2.28 bits per heavy atom. The molecule has 0 fully saturated rings. The zero-order chi connectivity index (χ0) is 13.1. The SMILES string of the molecule is CCCn1ccnc1C(=O)c1ccc(N)cc1F. The van der Waals surface area contributed by atoms with Crippen LogP contribution in [0.5, 0.6) is 0 Å². The first-order chi connectivity index (χ1) is 8.63. The summed E-state index contributed by atoms with van der Waals surface area (Å²) in [5.41, 5.74) is 5.74. The zero-order valence-corrected chi connectivity index (χ0v) is 10.1. The molecule has 1 aromatic heterocycles. The van der Waals surface area contributed by atoms with Crippen molar-refractivity contribution in [2.75, 3.05) is 5.73 Å². The number of aryl methyl sites for hydroxylation is 1. The second kappa shape index (κ2) is 5.00. The second-order valence-electron chi connectivity index (χ2n) is 4.01. The number of nitrogens with zero attached hydrogens (tertiary/aromatic N) is 2. The average Bonchev–Trinajstić information content (AvgIpc) is 2.77. The van der Waals surface area contributed by atoms with Gasteiger partial charge in [-0.15, -0.1) is 0 Å². The van der Waals surface area contributed by atoms with Crippen LogP contribution in [0.1, 0.15) is 29.5 Å². The van der Waals surface area contributed by atoms with Crippen molar-refractivity contribution in [2.45, 2.75) is 19.9 Å². The molecule has 0 unspecified atom stereocenters. The van der Waals surface area contributed by atoms with Crippen LogP contribution in [0, 0.1) is 5.82 Å². The highest BCUT2D eigenvalue weighted by atomic mass is 19.1. The fourth-order valence-corrected chi connectivity index (χ4v) is 1.78. The molecule has 0 aliphatic carbocycles. The van der Waals surface area contributed by atoms with E-state index in [9.17, 15) is 9.18 Å². The number of anilines is 1. The van der Waals surface area contributed by atoms with Gasteiger partial charge in [-0.3, -0.25) is 4.79 Å². The molecule has 1 aromatic carbocycles. The maximum absolute atomic E-state index is 13.7. The van der Waals surface area contributed by atoms with Gasteiger partial charge in [-0.25, -0.2) is 9.37 Å². The number of nitrogen functional groups attached to an aromatic ring is 1. The Hall–Kier alpha value is -2.17. The summed E-state index contributed by atoms with van der Waals surface area (Å²) in [5.74, 6) is -0.794. The summed E-state index contributed by atoms with van der Waals surface area (Å²) in [4.78, 5) is 16.2. The van der Waals surface area contributed by atoms with Crippen LogP contribution in [0.25, 0.3) is 0 Å². The molecule has 2 N–H and O–H groups in total. The molecule has 0 aliphatic heterocycles. The lowest BCUT2D eigenvalue weighted by molar-refractivity contribution is 0.102. The maximum atomic E-state index is 13.7. The number of benzene rings is 1. The molecule has 2 rings (SSSR count). The van der Waals surface area contributed by atoms with E-state index in [1.807, 2.05) is 6.92 Å². The van der Waals surface area contributed by atoms with Crippen LogP contribution in [-0.4, -0.2) is 15.3 Å². The van der Waals surface area contributed by atoms with Crippen molar-refractivity contribution in [3.8, 4) is 0 Å². The summed E-state index contributed by atoms with van der Waals surface area (Å²) < 4.78 is 15.4. The summed E-state index contributed by atoms with van der Waals surface area (Å²) >= 11 is 0. The third-order valence-corrected chi connectivity index (χ3v) is 2.62. The molecule has 2 aromatic rings. The Kier molecular flexibility index (Phi) is 3.41. The molecule has 0 amide bonds. The van der Waals surface area contributed by atoms with E-state index in [2.05, 4.69) is 4.98 Å². The summed E-state index contributed by atoms with van der Waals surface area (Å²) in [6, 6.07) is 4.03. The Morgan fingerprint density at radius 1 is 1.50 bits per heavy atom. The number of rotatable bonds is 4. The van der Waals surface area contributed by atoms with Crippen LogP contribution in [0.15, 0.2) is 30.6 Å². The largest absolute Gasteiger partial charge is 0.399 e. The van der Waals surface area contributed by atoms with Gasteiger partial charge in [-0.05, 0) is 24.6 Å². The van der Waals surface area contributed by atoms with Crippen molar-refractivity contribution < 1.29 is 9.18 Å². The van der Waals surface area contributed by atoms with E-state index in [1.54, 1.807) is 10.8 Å². The van der Waals surface area contributed by atoms with E-state index >= 15 is 0 Å². The van der Waals surface area contributed by atoms with Crippen molar-refractivity contribution in [1.29, 1.82) is 0 Å². The number of hydrogen-bond donors (Lipinski definition) is 1. The number of carbonyl (C=O) groups is 1.